The van der Waals surface area contributed by atoms with E-state index in [-0.39, 0.29) is 23.4 Å². The summed E-state index contributed by atoms with van der Waals surface area (Å²) in [7, 11) is 1.42. The van der Waals surface area contributed by atoms with Gasteiger partial charge in [0.1, 0.15) is 24.1 Å². The number of ketones is 1. The summed E-state index contributed by atoms with van der Waals surface area (Å²) >= 11 is 3.38. The van der Waals surface area contributed by atoms with Crippen molar-refractivity contribution in [2.24, 2.45) is 0 Å². The molecule has 0 N–H and O–H groups in total. The molecule has 0 aliphatic heterocycles. The van der Waals surface area contributed by atoms with Crippen LogP contribution in [0.3, 0.4) is 0 Å². The van der Waals surface area contributed by atoms with Gasteiger partial charge in [-0.05, 0) is 45.8 Å². The first kappa shape index (κ1) is 23.6. The Morgan fingerprint density at radius 3 is 2.64 bits per heavy atom. The quantitative estimate of drug-likeness (QED) is 0.123. The van der Waals surface area contributed by atoms with Crippen molar-refractivity contribution in [2.75, 3.05) is 7.11 Å². The highest BCUT2D eigenvalue weighted by atomic mass is 79.9. The summed E-state index contributed by atoms with van der Waals surface area (Å²) in [5.74, 6) is -0.435. The Bertz CT molecular complexity index is 1300. The molecule has 0 unspecified atom stereocenters. The van der Waals surface area contributed by atoms with E-state index in [0.29, 0.717) is 27.1 Å². The second-order valence-corrected chi connectivity index (χ2v) is 7.57. The van der Waals surface area contributed by atoms with Crippen molar-refractivity contribution < 1.29 is 23.6 Å². The number of hydrogen-bond donors (Lipinski definition) is 0. The molecule has 0 heterocycles. The maximum absolute atomic E-state index is 13.9. The minimum Gasteiger partial charge on any atom is -0.493 e. The number of carbonyl (C=O) groups excluding carboxylic acids is 1. The molecule has 3 aromatic carbocycles. The molecule has 33 heavy (non-hydrogen) atoms. The number of halogens is 2. The lowest BCUT2D eigenvalue weighted by Gasteiger charge is -2.14. The van der Waals surface area contributed by atoms with Gasteiger partial charge in [-0.15, -0.1) is 0 Å². The van der Waals surface area contributed by atoms with E-state index < -0.39 is 16.5 Å². The van der Waals surface area contributed by atoms with Gasteiger partial charge in [-0.2, -0.15) is 5.26 Å². The van der Waals surface area contributed by atoms with Gasteiger partial charge in [0.15, 0.2) is 11.5 Å². The molecule has 0 saturated carbocycles. The van der Waals surface area contributed by atoms with Crippen LogP contribution in [0.2, 0.25) is 0 Å². The Morgan fingerprint density at radius 2 is 1.97 bits per heavy atom. The summed E-state index contributed by atoms with van der Waals surface area (Å²) in [5, 5.41) is 20.5. The third kappa shape index (κ3) is 5.61. The molecule has 0 atom stereocenters. The van der Waals surface area contributed by atoms with Crippen LogP contribution in [-0.4, -0.2) is 17.8 Å². The zero-order chi connectivity index (χ0) is 24.0. The Kier molecular flexibility index (Phi) is 7.53. The number of allylic oxidation sites excluding steroid dienone is 1. The maximum atomic E-state index is 13.9. The highest BCUT2D eigenvalue weighted by Crippen LogP contribution is 2.38. The van der Waals surface area contributed by atoms with Crippen molar-refractivity contribution in [3.8, 4) is 17.6 Å². The number of ether oxygens (including phenoxy) is 2. The molecule has 0 bridgehead atoms. The van der Waals surface area contributed by atoms with E-state index in [1.54, 1.807) is 30.3 Å². The number of nitriles is 1. The fourth-order valence-corrected chi connectivity index (χ4v) is 3.53. The van der Waals surface area contributed by atoms with Crippen molar-refractivity contribution in [3.63, 3.8) is 0 Å². The number of nitro benzene ring substituents is 1. The molecular weight excluding hydrogens is 495 g/mol. The lowest BCUT2D eigenvalue weighted by atomic mass is 10.0. The summed E-state index contributed by atoms with van der Waals surface area (Å²) in [6, 6.07) is 16.4. The van der Waals surface area contributed by atoms with Gasteiger partial charge >= 0.3 is 0 Å². The van der Waals surface area contributed by atoms with E-state index in [1.807, 2.05) is 6.07 Å². The molecule has 0 radical (unpaired) electrons. The summed E-state index contributed by atoms with van der Waals surface area (Å²) in [4.78, 5) is 23.1. The minimum atomic E-state index is -0.656. The molecule has 0 fully saturated rings. The summed E-state index contributed by atoms with van der Waals surface area (Å²) in [6.07, 6.45) is 1.34. The van der Waals surface area contributed by atoms with Gasteiger partial charge in [0.25, 0.3) is 5.69 Å². The van der Waals surface area contributed by atoms with Crippen molar-refractivity contribution >= 4 is 33.5 Å². The molecule has 0 aromatic heterocycles. The Hall–Kier alpha value is -4.03. The predicted molar refractivity (Wildman–Crippen MR) is 122 cm³/mol. The van der Waals surface area contributed by atoms with Gasteiger partial charge in [0.2, 0.25) is 5.78 Å². The first-order valence-electron chi connectivity index (χ1n) is 9.48. The van der Waals surface area contributed by atoms with Crippen LogP contribution in [0.1, 0.15) is 21.5 Å². The normalized spacial score (nSPS) is 10.9. The predicted octanol–water partition coefficient (Wildman–Crippen LogP) is 5.87. The van der Waals surface area contributed by atoms with E-state index in [1.165, 1.54) is 37.5 Å². The van der Waals surface area contributed by atoms with E-state index in [4.69, 9.17) is 9.47 Å². The number of Topliss-reactive ketones (excluding diaryl/α,β-unsaturated/α-hetero) is 1. The second kappa shape index (κ2) is 10.5. The fraction of sp³-hybridized carbons (Fsp3) is 0.0833. The monoisotopic (exact) mass is 510 g/mol. The average Bonchev–Trinajstić information content (AvgIpc) is 2.82. The molecular formula is C24H16BrFN2O5. The molecule has 0 aliphatic rings. The zero-order valence-corrected chi connectivity index (χ0v) is 18.8. The lowest BCUT2D eigenvalue weighted by molar-refractivity contribution is -0.384. The van der Waals surface area contributed by atoms with Gasteiger partial charge < -0.3 is 9.47 Å². The first-order valence-corrected chi connectivity index (χ1v) is 10.3. The van der Waals surface area contributed by atoms with Crippen LogP contribution in [0.15, 0.2) is 70.7 Å². The van der Waals surface area contributed by atoms with Gasteiger partial charge in [-0.1, -0.05) is 30.3 Å². The van der Waals surface area contributed by atoms with Gasteiger partial charge in [-0.3, -0.25) is 14.9 Å². The van der Waals surface area contributed by atoms with Crippen LogP contribution in [0.25, 0.3) is 6.08 Å². The summed E-state index contributed by atoms with van der Waals surface area (Å²) in [6.45, 7) is -0.0362. The second-order valence-electron chi connectivity index (χ2n) is 6.72. The number of carbonyl (C=O) groups is 1. The number of benzene rings is 3. The Morgan fingerprint density at radius 1 is 1.21 bits per heavy atom. The number of nitro groups is 1. The summed E-state index contributed by atoms with van der Waals surface area (Å²) < 4.78 is 25.4. The molecule has 0 spiro atoms. The van der Waals surface area contributed by atoms with Gasteiger partial charge in [-0.25, -0.2) is 4.39 Å². The third-order valence-electron chi connectivity index (χ3n) is 4.58. The molecule has 0 amide bonds. The minimum absolute atomic E-state index is 0.0212. The molecule has 3 rings (SSSR count). The van der Waals surface area contributed by atoms with E-state index in [0.717, 1.165) is 6.07 Å². The summed E-state index contributed by atoms with van der Waals surface area (Å²) in [5.41, 5.74) is 0.369. The first-order chi connectivity index (χ1) is 15.8. The van der Waals surface area contributed by atoms with Gasteiger partial charge in [0.05, 0.1) is 16.5 Å². The van der Waals surface area contributed by atoms with Crippen LogP contribution in [0, 0.1) is 27.3 Å². The molecule has 0 aliphatic carbocycles. The van der Waals surface area contributed by atoms with E-state index in [9.17, 15) is 24.6 Å². The molecule has 166 valence electrons. The molecule has 9 heteroatoms. The van der Waals surface area contributed by atoms with Crippen LogP contribution in [0.5, 0.6) is 11.5 Å². The molecule has 0 saturated heterocycles. The van der Waals surface area contributed by atoms with Crippen LogP contribution in [-0.2, 0) is 6.61 Å². The highest BCUT2D eigenvalue weighted by Gasteiger charge is 2.17. The number of hydrogen-bond acceptors (Lipinski definition) is 6. The number of methoxy groups -OCH3 is 1. The highest BCUT2D eigenvalue weighted by molar-refractivity contribution is 9.10. The van der Waals surface area contributed by atoms with Crippen LogP contribution < -0.4 is 9.47 Å². The maximum Gasteiger partial charge on any atom is 0.270 e. The topological polar surface area (TPSA) is 102 Å². The lowest BCUT2D eigenvalue weighted by Crippen LogP contribution is -2.03. The van der Waals surface area contributed by atoms with Crippen molar-refractivity contribution in [3.05, 3.63) is 103 Å². The Labute approximate surface area is 197 Å². The molecule has 7 nitrogen and oxygen atoms in total. The number of rotatable bonds is 8. The van der Waals surface area contributed by atoms with Crippen LogP contribution >= 0.6 is 15.9 Å². The average molecular weight is 511 g/mol. The van der Waals surface area contributed by atoms with Crippen molar-refractivity contribution in [1.82, 2.24) is 0 Å². The SMILES string of the molecule is COc1cc(/C=C(\C#N)C(=O)c2cccc([N+](=O)[O-])c2)cc(Br)c1OCc1ccccc1F. The zero-order valence-electron chi connectivity index (χ0n) is 17.2. The number of nitrogens with zero attached hydrogens (tertiary/aromatic N) is 2. The van der Waals surface area contributed by atoms with E-state index in [2.05, 4.69) is 15.9 Å². The standard InChI is InChI=1S/C24H16BrFN2O5/c1-32-22-11-15(10-20(25)24(22)33-14-17-5-2-3-8-21(17)26)9-18(13-27)23(29)16-6-4-7-19(12-16)28(30)31/h2-12H,14H2,1H3/b18-9+. The smallest absolute Gasteiger partial charge is 0.270 e. The van der Waals surface area contributed by atoms with Crippen molar-refractivity contribution in [2.45, 2.75) is 6.61 Å². The Balaban J connectivity index is 1.90. The van der Waals surface area contributed by atoms with Gasteiger partial charge in [0, 0.05) is 23.3 Å². The fourth-order valence-electron chi connectivity index (χ4n) is 2.96. The molecule has 3 aromatic rings. The largest absolute Gasteiger partial charge is 0.493 e. The van der Waals surface area contributed by atoms with Crippen molar-refractivity contribution in [1.29, 1.82) is 5.26 Å². The van der Waals surface area contributed by atoms with E-state index >= 15 is 0 Å². The van der Waals surface area contributed by atoms with Crippen LogP contribution in [0.4, 0.5) is 10.1 Å². The third-order valence-corrected chi connectivity index (χ3v) is 5.17. The number of non-ortho nitro benzene ring substituents is 1.